The van der Waals surface area contributed by atoms with Gasteiger partial charge in [-0.15, -0.1) is 0 Å². The molecule has 11 heavy (non-hydrogen) atoms. The Morgan fingerprint density at radius 3 is 2.91 bits per heavy atom. The summed E-state index contributed by atoms with van der Waals surface area (Å²) in [5.74, 6) is -0.525. The molecule has 1 heterocycles. The average Bonchev–Trinajstić information content (AvgIpc) is 2.31. The highest BCUT2D eigenvalue weighted by Gasteiger charge is 2.25. The quantitative estimate of drug-likeness (QED) is 0.397. The van der Waals surface area contributed by atoms with Crippen molar-refractivity contribution in [1.82, 2.24) is 10.9 Å². The van der Waals surface area contributed by atoms with E-state index in [1.165, 1.54) is 6.92 Å². The number of hydrazine groups is 1. The molecule has 0 aromatic rings. The molecule has 1 rings (SSSR count). The molecule has 0 aromatic carbocycles. The summed E-state index contributed by atoms with van der Waals surface area (Å²) in [7, 11) is 0. The smallest absolute Gasteiger partial charge is 0.325 e. The third-order valence-corrected chi connectivity index (χ3v) is 1.36. The van der Waals surface area contributed by atoms with E-state index in [0.29, 0.717) is 13.0 Å². The molecule has 5 heteroatoms. The van der Waals surface area contributed by atoms with E-state index in [4.69, 9.17) is 0 Å². The second kappa shape index (κ2) is 3.34. The first-order valence-corrected chi connectivity index (χ1v) is 3.39. The van der Waals surface area contributed by atoms with Gasteiger partial charge < -0.3 is 4.74 Å². The van der Waals surface area contributed by atoms with Gasteiger partial charge in [0.05, 0.1) is 6.61 Å². The predicted molar refractivity (Wildman–Crippen MR) is 36.3 cm³/mol. The van der Waals surface area contributed by atoms with Crippen LogP contribution >= 0.6 is 0 Å². The van der Waals surface area contributed by atoms with Gasteiger partial charge in [0.15, 0.2) is 0 Å². The average molecular weight is 158 g/mol. The maximum atomic E-state index is 10.8. The number of carbonyl (C=O) groups excluding carboxylic acids is 2. The molecular weight excluding hydrogens is 148 g/mol. The van der Waals surface area contributed by atoms with Crippen molar-refractivity contribution >= 4 is 11.9 Å². The van der Waals surface area contributed by atoms with Gasteiger partial charge in [0.1, 0.15) is 6.04 Å². The van der Waals surface area contributed by atoms with Gasteiger partial charge in [0, 0.05) is 13.3 Å². The Bertz CT molecular complexity index is 181. The number of rotatable bonds is 2. The first-order chi connectivity index (χ1) is 5.20. The van der Waals surface area contributed by atoms with Gasteiger partial charge in [-0.3, -0.25) is 15.0 Å². The van der Waals surface area contributed by atoms with Crippen LogP contribution in [0.15, 0.2) is 0 Å². The van der Waals surface area contributed by atoms with Crippen molar-refractivity contribution in [1.29, 1.82) is 0 Å². The van der Waals surface area contributed by atoms with Crippen LogP contribution in [0.4, 0.5) is 0 Å². The number of hydrogen-bond donors (Lipinski definition) is 2. The van der Waals surface area contributed by atoms with Crippen LogP contribution in [0.3, 0.4) is 0 Å². The van der Waals surface area contributed by atoms with E-state index in [1.54, 1.807) is 0 Å². The van der Waals surface area contributed by atoms with E-state index in [9.17, 15) is 9.59 Å². The molecule has 1 saturated heterocycles. The van der Waals surface area contributed by atoms with E-state index >= 15 is 0 Å². The van der Waals surface area contributed by atoms with Crippen molar-refractivity contribution < 1.29 is 14.3 Å². The minimum Gasteiger partial charge on any atom is -0.464 e. The topological polar surface area (TPSA) is 67.4 Å². The second-order valence-corrected chi connectivity index (χ2v) is 2.33. The number of esters is 1. The SMILES string of the molecule is CC(=O)NNC1CCOC1=O. The highest BCUT2D eigenvalue weighted by Crippen LogP contribution is 2.03. The number of nitrogens with one attached hydrogen (secondary N) is 2. The maximum Gasteiger partial charge on any atom is 0.325 e. The van der Waals surface area contributed by atoms with Gasteiger partial charge in [-0.1, -0.05) is 0 Å². The molecule has 1 aliphatic heterocycles. The van der Waals surface area contributed by atoms with Gasteiger partial charge in [0.2, 0.25) is 5.91 Å². The van der Waals surface area contributed by atoms with Crippen molar-refractivity contribution in [2.24, 2.45) is 0 Å². The van der Waals surface area contributed by atoms with Crippen molar-refractivity contribution in [3.63, 3.8) is 0 Å². The van der Waals surface area contributed by atoms with E-state index in [1.807, 2.05) is 0 Å². The zero-order valence-corrected chi connectivity index (χ0v) is 6.22. The van der Waals surface area contributed by atoms with E-state index < -0.39 is 0 Å². The fraction of sp³-hybridized carbons (Fsp3) is 0.667. The van der Waals surface area contributed by atoms with E-state index in [-0.39, 0.29) is 17.9 Å². The van der Waals surface area contributed by atoms with Crippen LogP contribution in [0, 0.1) is 0 Å². The third kappa shape index (κ3) is 2.19. The summed E-state index contributed by atoms with van der Waals surface area (Å²) in [5, 5.41) is 0. The first kappa shape index (κ1) is 8.00. The zero-order chi connectivity index (χ0) is 8.27. The van der Waals surface area contributed by atoms with Gasteiger partial charge >= 0.3 is 5.97 Å². The summed E-state index contributed by atoms with van der Waals surface area (Å²) >= 11 is 0. The van der Waals surface area contributed by atoms with Crippen molar-refractivity contribution in [2.75, 3.05) is 6.61 Å². The fourth-order valence-electron chi connectivity index (χ4n) is 0.816. The van der Waals surface area contributed by atoms with E-state index in [2.05, 4.69) is 15.6 Å². The van der Waals surface area contributed by atoms with Gasteiger partial charge in [0.25, 0.3) is 0 Å². The van der Waals surface area contributed by atoms with Crippen molar-refractivity contribution in [3.8, 4) is 0 Å². The highest BCUT2D eigenvalue weighted by atomic mass is 16.5. The fourth-order valence-corrected chi connectivity index (χ4v) is 0.816. The number of carbonyl (C=O) groups is 2. The van der Waals surface area contributed by atoms with E-state index in [0.717, 1.165) is 0 Å². The molecule has 62 valence electrons. The van der Waals surface area contributed by atoms with Crippen LogP contribution in [0.25, 0.3) is 0 Å². The number of ether oxygens (including phenoxy) is 1. The Morgan fingerprint density at radius 1 is 1.73 bits per heavy atom. The molecule has 5 nitrogen and oxygen atoms in total. The number of cyclic esters (lactones) is 1. The maximum absolute atomic E-state index is 10.8. The molecule has 0 saturated carbocycles. The summed E-state index contributed by atoms with van der Waals surface area (Å²) in [6.45, 7) is 1.80. The Morgan fingerprint density at radius 2 is 2.45 bits per heavy atom. The zero-order valence-electron chi connectivity index (χ0n) is 6.22. The minimum atomic E-state index is -0.376. The number of hydrogen-bond acceptors (Lipinski definition) is 4. The van der Waals surface area contributed by atoms with Gasteiger partial charge in [-0.25, -0.2) is 5.43 Å². The summed E-state index contributed by atoms with van der Waals surface area (Å²) < 4.78 is 4.65. The molecule has 2 N–H and O–H groups in total. The monoisotopic (exact) mass is 158 g/mol. The normalized spacial score (nSPS) is 23.0. The highest BCUT2D eigenvalue weighted by molar-refractivity contribution is 5.78. The molecule has 1 aliphatic rings. The lowest BCUT2D eigenvalue weighted by Crippen LogP contribution is -2.45. The van der Waals surface area contributed by atoms with Crippen LogP contribution in [0.2, 0.25) is 0 Å². The lowest BCUT2D eigenvalue weighted by Gasteiger charge is -2.07. The number of amides is 1. The largest absolute Gasteiger partial charge is 0.464 e. The molecule has 0 bridgehead atoms. The van der Waals surface area contributed by atoms with Gasteiger partial charge in [-0.2, -0.15) is 0 Å². The third-order valence-electron chi connectivity index (χ3n) is 1.36. The Kier molecular flexibility index (Phi) is 2.43. The lowest BCUT2D eigenvalue weighted by molar-refractivity contribution is -0.140. The van der Waals surface area contributed by atoms with Crippen LogP contribution in [-0.4, -0.2) is 24.5 Å². The molecule has 1 fully saturated rings. The van der Waals surface area contributed by atoms with Crippen LogP contribution in [0.1, 0.15) is 13.3 Å². The predicted octanol–water partition coefficient (Wildman–Crippen LogP) is -1.06. The van der Waals surface area contributed by atoms with Crippen molar-refractivity contribution in [2.45, 2.75) is 19.4 Å². The molecular formula is C6H10N2O3. The summed E-state index contributed by atoms with van der Waals surface area (Å²) in [6.07, 6.45) is 0.610. The summed E-state index contributed by atoms with van der Waals surface area (Å²) in [4.78, 5) is 21.1. The minimum absolute atomic E-state index is 0.218. The Labute approximate surface area is 64.1 Å². The molecule has 0 spiro atoms. The summed E-state index contributed by atoms with van der Waals surface area (Å²) in [6, 6.07) is -0.376. The van der Waals surface area contributed by atoms with Crippen LogP contribution < -0.4 is 10.9 Å². The molecule has 1 amide bonds. The molecule has 1 atom stereocenters. The van der Waals surface area contributed by atoms with Crippen LogP contribution in [0.5, 0.6) is 0 Å². The molecule has 0 aliphatic carbocycles. The van der Waals surface area contributed by atoms with Gasteiger partial charge in [-0.05, 0) is 0 Å². The lowest BCUT2D eigenvalue weighted by atomic mass is 10.3. The standard InChI is InChI=1S/C6H10N2O3/c1-4(9)7-8-5-2-3-11-6(5)10/h5,8H,2-3H2,1H3,(H,7,9). The molecule has 0 aromatic heterocycles. The Hall–Kier alpha value is -1.10. The summed E-state index contributed by atoms with van der Waals surface area (Å²) in [5.41, 5.74) is 4.88. The van der Waals surface area contributed by atoms with Crippen molar-refractivity contribution in [3.05, 3.63) is 0 Å². The molecule has 1 unspecified atom stereocenters. The Balaban J connectivity index is 2.26. The van der Waals surface area contributed by atoms with Crippen LogP contribution in [-0.2, 0) is 14.3 Å². The first-order valence-electron chi connectivity index (χ1n) is 3.39. The second-order valence-electron chi connectivity index (χ2n) is 2.33. The molecule has 0 radical (unpaired) electrons.